The van der Waals surface area contributed by atoms with Gasteiger partial charge >= 0.3 is 6.36 Å². The fourth-order valence-electron chi connectivity index (χ4n) is 1.93. The lowest BCUT2D eigenvalue weighted by atomic mass is 10.1. The zero-order valence-electron chi connectivity index (χ0n) is 10.4. The van der Waals surface area contributed by atoms with Crippen LogP contribution < -0.4 is 15.8 Å². The van der Waals surface area contributed by atoms with Crippen molar-refractivity contribution in [3.8, 4) is 5.75 Å². The van der Waals surface area contributed by atoms with Gasteiger partial charge in [0.2, 0.25) is 5.91 Å². The Morgan fingerprint density at radius 1 is 1.30 bits per heavy atom. The summed E-state index contributed by atoms with van der Waals surface area (Å²) >= 11 is 0. The molecular weight excluding hydrogens is 273 g/mol. The van der Waals surface area contributed by atoms with E-state index in [9.17, 15) is 18.0 Å². The van der Waals surface area contributed by atoms with Crippen LogP contribution in [0.15, 0.2) is 36.4 Å². The second-order valence-corrected chi connectivity index (χ2v) is 4.42. The van der Waals surface area contributed by atoms with Crippen LogP contribution in [0.3, 0.4) is 0 Å². The van der Waals surface area contributed by atoms with Gasteiger partial charge in [-0.3, -0.25) is 4.79 Å². The van der Waals surface area contributed by atoms with Crippen LogP contribution in [0.5, 0.6) is 5.75 Å². The van der Waals surface area contributed by atoms with Gasteiger partial charge in [-0.2, -0.15) is 0 Å². The average molecular weight is 286 g/mol. The number of nitrogens with two attached hydrogens (primary N) is 1. The topological polar surface area (TPSA) is 64.4 Å². The Morgan fingerprint density at radius 2 is 2.00 bits per heavy atom. The van der Waals surface area contributed by atoms with Crippen LogP contribution in [-0.4, -0.2) is 18.3 Å². The van der Waals surface area contributed by atoms with Gasteiger partial charge in [0.05, 0.1) is 11.6 Å². The van der Waals surface area contributed by atoms with Crippen LogP contribution in [0.2, 0.25) is 0 Å². The molecule has 0 bridgehead atoms. The van der Waals surface area contributed by atoms with Crippen LogP contribution in [-0.2, 0) is 4.79 Å². The molecule has 4 nitrogen and oxygen atoms in total. The molecule has 1 amide bonds. The average Bonchev–Trinajstić information content (AvgIpc) is 2.77. The number of benzene rings is 1. The van der Waals surface area contributed by atoms with Gasteiger partial charge in [-0.15, -0.1) is 13.2 Å². The van der Waals surface area contributed by atoms with E-state index in [0.717, 1.165) is 6.07 Å². The smallest absolute Gasteiger partial charge is 0.404 e. The van der Waals surface area contributed by atoms with E-state index in [1.54, 1.807) is 12.2 Å². The second kappa shape index (κ2) is 5.54. The van der Waals surface area contributed by atoms with E-state index in [1.165, 1.54) is 18.2 Å². The third-order valence-corrected chi connectivity index (χ3v) is 2.82. The van der Waals surface area contributed by atoms with Gasteiger partial charge < -0.3 is 15.8 Å². The van der Waals surface area contributed by atoms with Crippen molar-refractivity contribution in [2.24, 2.45) is 11.7 Å². The zero-order valence-corrected chi connectivity index (χ0v) is 10.4. The maximum absolute atomic E-state index is 12.2. The predicted octanol–water partition coefficient (Wildman–Crippen LogP) is 2.43. The number of ether oxygens (including phenoxy) is 1. The maximum atomic E-state index is 12.2. The second-order valence-electron chi connectivity index (χ2n) is 4.42. The van der Waals surface area contributed by atoms with Crippen molar-refractivity contribution in [1.82, 2.24) is 0 Å². The van der Waals surface area contributed by atoms with E-state index >= 15 is 0 Å². The molecular formula is C13H13F3N2O2. The van der Waals surface area contributed by atoms with Gasteiger partial charge in [0, 0.05) is 6.04 Å². The highest BCUT2D eigenvalue weighted by Gasteiger charge is 2.32. The lowest BCUT2D eigenvalue weighted by Crippen LogP contribution is -2.25. The van der Waals surface area contributed by atoms with Crippen molar-refractivity contribution in [1.29, 1.82) is 0 Å². The zero-order chi connectivity index (χ0) is 14.8. The van der Waals surface area contributed by atoms with Crippen molar-refractivity contribution in [2.45, 2.75) is 18.8 Å². The fourth-order valence-corrected chi connectivity index (χ4v) is 1.93. The first-order chi connectivity index (χ1) is 9.35. The molecule has 0 aromatic heterocycles. The Balaban J connectivity index is 2.09. The molecule has 0 heterocycles. The number of halogens is 3. The number of carbonyl (C=O) groups is 1. The van der Waals surface area contributed by atoms with Gasteiger partial charge in [0.1, 0.15) is 0 Å². The standard InChI is InChI=1S/C13H13F3N2O2/c14-13(15,16)20-11-4-2-1-3-10(11)18-12(19)8-5-6-9(17)7-8/h1-6,8-9H,7,17H2,(H,18,19). The van der Waals surface area contributed by atoms with E-state index in [4.69, 9.17) is 5.73 Å². The fraction of sp³-hybridized carbons (Fsp3) is 0.308. The molecule has 2 atom stereocenters. The van der Waals surface area contributed by atoms with Gasteiger partial charge in [-0.1, -0.05) is 24.3 Å². The Labute approximate surface area is 113 Å². The van der Waals surface area contributed by atoms with Crippen LogP contribution in [0, 0.1) is 5.92 Å². The molecule has 0 fully saturated rings. The molecule has 2 unspecified atom stereocenters. The molecule has 1 aromatic rings. The first-order valence-corrected chi connectivity index (χ1v) is 5.95. The summed E-state index contributed by atoms with van der Waals surface area (Å²) in [5, 5.41) is 2.42. The molecule has 0 saturated heterocycles. The number of alkyl halides is 3. The molecule has 108 valence electrons. The van der Waals surface area contributed by atoms with E-state index in [0.29, 0.717) is 6.42 Å². The number of rotatable bonds is 3. The lowest BCUT2D eigenvalue weighted by molar-refractivity contribution is -0.274. The van der Waals surface area contributed by atoms with Crippen LogP contribution >= 0.6 is 0 Å². The number of hydrogen-bond acceptors (Lipinski definition) is 3. The summed E-state index contributed by atoms with van der Waals surface area (Å²) in [4.78, 5) is 11.9. The summed E-state index contributed by atoms with van der Waals surface area (Å²) < 4.78 is 40.6. The largest absolute Gasteiger partial charge is 0.573 e. The first kappa shape index (κ1) is 14.4. The highest BCUT2D eigenvalue weighted by atomic mass is 19.4. The molecule has 2 rings (SSSR count). The van der Waals surface area contributed by atoms with Gasteiger partial charge in [0.25, 0.3) is 0 Å². The Bertz CT molecular complexity index is 529. The van der Waals surface area contributed by atoms with E-state index < -0.39 is 23.9 Å². The van der Waals surface area contributed by atoms with E-state index in [1.807, 2.05) is 0 Å². The minimum Gasteiger partial charge on any atom is -0.404 e. The van der Waals surface area contributed by atoms with Crippen molar-refractivity contribution < 1.29 is 22.7 Å². The van der Waals surface area contributed by atoms with Gasteiger partial charge in [-0.25, -0.2) is 0 Å². The van der Waals surface area contributed by atoms with Crippen molar-refractivity contribution in [2.75, 3.05) is 5.32 Å². The van der Waals surface area contributed by atoms with Crippen LogP contribution in [0.1, 0.15) is 6.42 Å². The predicted molar refractivity (Wildman–Crippen MR) is 67.0 cm³/mol. The number of nitrogens with one attached hydrogen (secondary N) is 1. The third-order valence-electron chi connectivity index (χ3n) is 2.82. The van der Waals surface area contributed by atoms with E-state index in [2.05, 4.69) is 10.1 Å². The summed E-state index contributed by atoms with van der Waals surface area (Å²) in [5.41, 5.74) is 5.60. The summed E-state index contributed by atoms with van der Waals surface area (Å²) in [5.74, 6) is -1.30. The van der Waals surface area contributed by atoms with E-state index in [-0.39, 0.29) is 11.7 Å². The number of hydrogen-bond donors (Lipinski definition) is 2. The molecule has 0 spiro atoms. The van der Waals surface area contributed by atoms with Gasteiger partial charge in [0.15, 0.2) is 5.75 Å². The minimum absolute atomic E-state index is 0.0244. The molecule has 1 aromatic carbocycles. The maximum Gasteiger partial charge on any atom is 0.573 e. The molecule has 3 N–H and O–H groups in total. The highest BCUT2D eigenvalue weighted by molar-refractivity contribution is 5.95. The van der Waals surface area contributed by atoms with Gasteiger partial charge in [-0.05, 0) is 18.6 Å². The molecule has 1 aliphatic rings. The SMILES string of the molecule is NC1C=CC(C(=O)Nc2ccccc2OC(F)(F)F)C1. The molecule has 1 aliphatic carbocycles. The quantitative estimate of drug-likeness (QED) is 0.839. The summed E-state index contributed by atoms with van der Waals surface area (Å²) in [6.45, 7) is 0. The number of anilines is 1. The number of para-hydroxylation sites is 2. The summed E-state index contributed by atoms with van der Waals surface area (Å²) in [7, 11) is 0. The van der Waals surface area contributed by atoms with Crippen molar-refractivity contribution >= 4 is 11.6 Å². The monoisotopic (exact) mass is 286 g/mol. The Hall–Kier alpha value is -2.02. The highest BCUT2D eigenvalue weighted by Crippen LogP contribution is 2.30. The normalized spacial score (nSPS) is 21.8. The molecule has 0 radical (unpaired) electrons. The lowest BCUT2D eigenvalue weighted by Gasteiger charge is -2.15. The molecule has 0 saturated carbocycles. The molecule has 7 heteroatoms. The first-order valence-electron chi connectivity index (χ1n) is 5.95. The summed E-state index contributed by atoms with van der Waals surface area (Å²) in [6, 6.07) is 5.18. The minimum atomic E-state index is -4.81. The number of carbonyl (C=O) groups excluding carboxylic acids is 1. The van der Waals surface area contributed by atoms with Crippen molar-refractivity contribution in [3.63, 3.8) is 0 Å². The molecule has 20 heavy (non-hydrogen) atoms. The summed E-state index contributed by atoms with van der Waals surface area (Å²) in [6.07, 6.45) is -1.03. The third kappa shape index (κ3) is 3.74. The molecule has 0 aliphatic heterocycles. The van der Waals surface area contributed by atoms with Crippen LogP contribution in [0.25, 0.3) is 0 Å². The van der Waals surface area contributed by atoms with Crippen LogP contribution in [0.4, 0.5) is 18.9 Å². The Kier molecular flexibility index (Phi) is 3.99. The Morgan fingerprint density at radius 3 is 2.60 bits per heavy atom. The van der Waals surface area contributed by atoms with Crippen molar-refractivity contribution in [3.05, 3.63) is 36.4 Å². The number of amides is 1.